The Hall–Kier alpha value is -1.61. The summed E-state index contributed by atoms with van der Waals surface area (Å²) in [5.74, 6) is -0.391. The molecule has 0 aliphatic carbocycles. The van der Waals surface area contributed by atoms with Crippen LogP contribution in [0.15, 0.2) is 42.5 Å². The molecular weight excluding hydrogens is 204 g/mol. The van der Waals surface area contributed by atoms with Gasteiger partial charge in [-0.1, -0.05) is 36.9 Å². The Morgan fingerprint density at radius 1 is 1.31 bits per heavy atom. The molecule has 0 radical (unpaired) electrons. The van der Waals surface area contributed by atoms with Gasteiger partial charge in [-0.15, -0.1) is 0 Å². The van der Waals surface area contributed by atoms with Crippen molar-refractivity contribution in [3.05, 3.63) is 48.0 Å². The number of hydrogen-bond acceptors (Lipinski definition) is 3. The van der Waals surface area contributed by atoms with E-state index in [1.807, 2.05) is 30.3 Å². The van der Waals surface area contributed by atoms with Crippen molar-refractivity contribution in [3.8, 4) is 0 Å². The molecule has 0 unspecified atom stereocenters. The number of benzene rings is 1. The van der Waals surface area contributed by atoms with E-state index in [2.05, 4.69) is 11.3 Å². The highest BCUT2D eigenvalue weighted by atomic mass is 16.5. The lowest BCUT2D eigenvalue weighted by molar-refractivity contribution is -0.136. The molecular formula is C13H16O3. The predicted molar refractivity (Wildman–Crippen MR) is 62.0 cm³/mol. The van der Waals surface area contributed by atoms with Crippen LogP contribution in [0.2, 0.25) is 0 Å². The van der Waals surface area contributed by atoms with E-state index in [1.165, 1.54) is 7.11 Å². The highest BCUT2D eigenvalue weighted by molar-refractivity contribution is 5.87. The Kier molecular flexibility index (Phi) is 4.73. The predicted octanol–water partition coefficient (Wildman–Crippen LogP) is 2.49. The summed E-state index contributed by atoms with van der Waals surface area (Å²) in [6.07, 6.45) is 0.278. The molecule has 0 heterocycles. The van der Waals surface area contributed by atoms with Gasteiger partial charge in [0.15, 0.2) is 0 Å². The lowest BCUT2D eigenvalue weighted by Crippen LogP contribution is -2.09. The smallest absolute Gasteiger partial charge is 0.333 e. The average Bonchev–Trinajstić information content (AvgIpc) is 2.35. The van der Waals surface area contributed by atoms with Crippen LogP contribution < -0.4 is 0 Å². The van der Waals surface area contributed by atoms with Crippen LogP contribution >= 0.6 is 0 Å². The minimum Gasteiger partial charge on any atom is -0.466 e. The van der Waals surface area contributed by atoms with Gasteiger partial charge in [0.2, 0.25) is 0 Å². The van der Waals surface area contributed by atoms with Gasteiger partial charge in [0.25, 0.3) is 0 Å². The fraction of sp³-hybridized carbons (Fsp3) is 0.308. The monoisotopic (exact) mass is 220 g/mol. The molecule has 0 fully saturated rings. The fourth-order valence-corrected chi connectivity index (χ4v) is 1.46. The molecule has 1 rings (SSSR count). The fourth-order valence-electron chi connectivity index (χ4n) is 1.46. The molecule has 0 aliphatic heterocycles. The van der Waals surface area contributed by atoms with Crippen LogP contribution in [0.1, 0.15) is 18.1 Å². The number of carbonyl (C=O) groups is 1. The molecule has 0 bridgehead atoms. The zero-order valence-electron chi connectivity index (χ0n) is 9.60. The van der Waals surface area contributed by atoms with Crippen LogP contribution in [0.25, 0.3) is 0 Å². The van der Waals surface area contributed by atoms with E-state index in [0.717, 1.165) is 5.56 Å². The van der Waals surface area contributed by atoms with Crippen LogP contribution in [0.3, 0.4) is 0 Å². The SMILES string of the molecule is C=C(C[C@@H](OC)c1ccccc1)C(=O)OC. The second kappa shape index (κ2) is 6.08. The third kappa shape index (κ3) is 3.21. The van der Waals surface area contributed by atoms with E-state index < -0.39 is 5.97 Å². The summed E-state index contributed by atoms with van der Waals surface area (Å²) in [7, 11) is 2.96. The van der Waals surface area contributed by atoms with Gasteiger partial charge in [0.1, 0.15) is 0 Å². The zero-order valence-corrected chi connectivity index (χ0v) is 9.60. The van der Waals surface area contributed by atoms with Gasteiger partial charge in [-0.2, -0.15) is 0 Å². The highest BCUT2D eigenvalue weighted by Gasteiger charge is 2.16. The highest BCUT2D eigenvalue weighted by Crippen LogP contribution is 2.23. The quantitative estimate of drug-likeness (QED) is 0.565. The number of rotatable bonds is 5. The summed E-state index contributed by atoms with van der Waals surface area (Å²) in [6.45, 7) is 3.68. The van der Waals surface area contributed by atoms with Gasteiger partial charge < -0.3 is 9.47 Å². The Labute approximate surface area is 95.7 Å². The molecule has 1 aromatic rings. The lowest BCUT2D eigenvalue weighted by Gasteiger charge is -2.16. The van der Waals surface area contributed by atoms with Crippen molar-refractivity contribution >= 4 is 5.97 Å². The van der Waals surface area contributed by atoms with E-state index in [9.17, 15) is 4.79 Å². The summed E-state index contributed by atoms with van der Waals surface area (Å²) >= 11 is 0. The summed E-state index contributed by atoms with van der Waals surface area (Å²) in [5.41, 5.74) is 1.44. The Bertz CT molecular complexity index is 357. The second-order valence-electron chi connectivity index (χ2n) is 3.43. The van der Waals surface area contributed by atoms with Crippen LogP contribution in [-0.2, 0) is 14.3 Å². The topological polar surface area (TPSA) is 35.5 Å². The molecule has 0 N–H and O–H groups in total. The summed E-state index contributed by atoms with van der Waals surface area (Å²) in [5, 5.41) is 0. The van der Waals surface area contributed by atoms with E-state index in [4.69, 9.17) is 4.74 Å². The molecule has 16 heavy (non-hydrogen) atoms. The first-order chi connectivity index (χ1) is 7.69. The molecule has 1 aromatic carbocycles. The number of methoxy groups -OCH3 is 2. The van der Waals surface area contributed by atoms with Gasteiger partial charge in [0.05, 0.1) is 13.2 Å². The minimum atomic E-state index is -0.391. The molecule has 0 saturated heterocycles. The first kappa shape index (κ1) is 12.5. The largest absolute Gasteiger partial charge is 0.466 e. The van der Waals surface area contributed by atoms with Crippen molar-refractivity contribution < 1.29 is 14.3 Å². The maximum atomic E-state index is 11.2. The van der Waals surface area contributed by atoms with Gasteiger partial charge in [-0.3, -0.25) is 0 Å². The number of hydrogen-bond donors (Lipinski definition) is 0. The van der Waals surface area contributed by atoms with Crippen molar-refractivity contribution in [3.63, 3.8) is 0 Å². The minimum absolute atomic E-state index is 0.159. The second-order valence-corrected chi connectivity index (χ2v) is 3.43. The standard InChI is InChI=1S/C13H16O3/c1-10(13(14)16-3)9-12(15-2)11-7-5-4-6-8-11/h4-8,12H,1,9H2,2-3H3/t12-/m1/s1. The normalized spacial score (nSPS) is 11.9. The first-order valence-electron chi connectivity index (χ1n) is 5.03. The molecule has 0 amide bonds. The van der Waals surface area contributed by atoms with Gasteiger partial charge in [-0.05, 0) is 5.56 Å². The molecule has 0 saturated carbocycles. The van der Waals surface area contributed by atoms with Crippen molar-refractivity contribution in [2.75, 3.05) is 14.2 Å². The molecule has 0 spiro atoms. The lowest BCUT2D eigenvalue weighted by atomic mass is 10.0. The number of ether oxygens (including phenoxy) is 2. The third-order valence-electron chi connectivity index (χ3n) is 2.36. The Morgan fingerprint density at radius 3 is 2.44 bits per heavy atom. The van der Waals surface area contributed by atoms with Crippen molar-refractivity contribution in [1.82, 2.24) is 0 Å². The molecule has 3 nitrogen and oxygen atoms in total. The zero-order chi connectivity index (χ0) is 12.0. The summed E-state index contributed by atoms with van der Waals surface area (Å²) in [4.78, 5) is 11.2. The van der Waals surface area contributed by atoms with E-state index in [0.29, 0.717) is 12.0 Å². The first-order valence-corrected chi connectivity index (χ1v) is 5.03. The molecule has 1 atom stereocenters. The summed E-state index contributed by atoms with van der Waals surface area (Å²) in [6, 6.07) is 9.72. The average molecular weight is 220 g/mol. The van der Waals surface area contributed by atoms with Gasteiger partial charge in [-0.25, -0.2) is 4.79 Å². The molecule has 0 aliphatic rings. The molecule has 0 aromatic heterocycles. The van der Waals surface area contributed by atoms with Crippen LogP contribution in [0.5, 0.6) is 0 Å². The van der Waals surface area contributed by atoms with Gasteiger partial charge in [0, 0.05) is 19.1 Å². The number of carbonyl (C=O) groups excluding carboxylic acids is 1. The van der Waals surface area contributed by atoms with Crippen LogP contribution in [-0.4, -0.2) is 20.2 Å². The van der Waals surface area contributed by atoms with Crippen molar-refractivity contribution in [2.45, 2.75) is 12.5 Å². The van der Waals surface area contributed by atoms with Crippen molar-refractivity contribution in [1.29, 1.82) is 0 Å². The maximum Gasteiger partial charge on any atom is 0.333 e. The number of esters is 1. The van der Waals surface area contributed by atoms with E-state index in [-0.39, 0.29) is 6.10 Å². The van der Waals surface area contributed by atoms with Crippen LogP contribution in [0, 0.1) is 0 Å². The van der Waals surface area contributed by atoms with E-state index in [1.54, 1.807) is 7.11 Å². The maximum absolute atomic E-state index is 11.2. The van der Waals surface area contributed by atoms with Crippen molar-refractivity contribution in [2.24, 2.45) is 0 Å². The van der Waals surface area contributed by atoms with Gasteiger partial charge >= 0.3 is 5.97 Å². The molecule has 86 valence electrons. The Morgan fingerprint density at radius 2 is 1.94 bits per heavy atom. The third-order valence-corrected chi connectivity index (χ3v) is 2.36. The van der Waals surface area contributed by atoms with E-state index >= 15 is 0 Å². The molecule has 3 heteroatoms. The Balaban J connectivity index is 2.70. The summed E-state index contributed by atoms with van der Waals surface area (Å²) < 4.78 is 9.93. The van der Waals surface area contributed by atoms with Crippen LogP contribution in [0.4, 0.5) is 0 Å².